The second-order valence-electron chi connectivity index (χ2n) is 3.86. The van der Waals surface area contributed by atoms with Crippen molar-refractivity contribution in [2.45, 2.75) is 0 Å². The quantitative estimate of drug-likeness (QED) is 0.632. The van der Waals surface area contributed by atoms with E-state index in [0.717, 1.165) is 14.5 Å². The van der Waals surface area contributed by atoms with Gasteiger partial charge in [-0.15, -0.1) is 0 Å². The summed E-state index contributed by atoms with van der Waals surface area (Å²) in [6.45, 7) is 0. The number of benzene rings is 1. The number of halogens is 2. The van der Waals surface area contributed by atoms with Gasteiger partial charge < -0.3 is 10.2 Å². The fourth-order valence-electron chi connectivity index (χ4n) is 1.56. The first kappa shape index (κ1) is 14.6. The molecule has 20 heavy (non-hydrogen) atoms. The van der Waals surface area contributed by atoms with Crippen LogP contribution in [0.4, 0.5) is 0 Å². The second-order valence-corrected chi connectivity index (χ2v) is 5.63. The predicted molar refractivity (Wildman–Crippen MR) is 82.3 cm³/mol. The van der Waals surface area contributed by atoms with Crippen molar-refractivity contribution in [1.29, 1.82) is 5.26 Å². The van der Waals surface area contributed by atoms with E-state index < -0.39 is 5.91 Å². The summed E-state index contributed by atoms with van der Waals surface area (Å²) in [6, 6.07) is 10.8. The van der Waals surface area contributed by atoms with E-state index in [-0.39, 0.29) is 5.57 Å². The topological polar surface area (TPSA) is 80.0 Å². The molecule has 100 valence electrons. The summed E-state index contributed by atoms with van der Waals surface area (Å²) in [6.07, 6.45) is 1.32. The Hall–Kier alpha value is -1.84. The fourth-order valence-corrected chi connectivity index (χ4v) is 2.37. The van der Waals surface area contributed by atoms with Crippen molar-refractivity contribution in [3.63, 3.8) is 0 Å². The normalized spacial score (nSPS) is 11.2. The molecule has 0 aliphatic heterocycles. The molecular formula is C14H8Br2N2O2. The van der Waals surface area contributed by atoms with E-state index in [9.17, 15) is 4.79 Å². The minimum absolute atomic E-state index is 0.154. The van der Waals surface area contributed by atoms with Gasteiger partial charge in [0.1, 0.15) is 23.2 Å². The first-order chi connectivity index (χ1) is 9.51. The first-order valence-corrected chi connectivity index (χ1v) is 7.06. The van der Waals surface area contributed by atoms with Gasteiger partial charge >= 0.3 is 0 Å². The van der Waals surface area contributed by atoms with Crippen molar-refractivity contribution >= 4 is 43.8 Å². The van der Waals surface area contributed by atoms with Gasteiger partial charge in [0, 0.05) is 20.6 Å². The van der Waals surface area contributed by atoms with Crippen LogP contribution in [0.15, 0.2) is 49.3 Å². The molecule has 0 aliphatic rings. The minimum atomic E-state index is -0.783. The maximum Gasteiger partial charge on any atom is 0.259 e. The monoisotopic (exact) mass is 394 g/mol. The highest BCUT2D eigenvalue weighted by molar-refractivity contribution is 9.11. The lowest BCUT2D eigenvalue weighted by Crippen LogP contribution is -2.12. The molecular weight excluding hydrogens is 388 g/mol. The third kappa shape index (κ3) is 3.18. The molecule has 0 bridgehead atoms. The number of primary amides is 1. The number of nitriles is 1. The van der Waals surface area contributed by atoms with Crippen molar-refractivity contribution < 1.29 is 9.21 Å². The summed E-state index contributed by atoms with van der Waals surface area (Å²) >= 11 is 6.83. The van der Waals surface area contributed by atoms with Gasteiger partial charge in [-0.05, 0) is 30.3 Å². The third-order valence-electron chi connectivity index (χ3n) is 2.49. The molecule has 1 aromatic heterocycles. The summed E-state index contributed by atoms with van der Waals surface area (Å²) < 4.78 is 7.39. The van der Waals surface area contributed by atoms with Gasteiger partial charge in [-0.3, -0.25) is 4.79 Å². The zero-order valence-corrected chi connectivity index (χ0v) is 13.2. The summed E-state index contributed by atoms with van der Waals surface area (Å²) in [5.41, 5.74) is 5.78. The third-order valence-corrected chi connectivity index (χ3v) is 3.68. The molecule has 0 fully saturated rings. The van der Waals surface area contributed by atoms with Crippen LogP contribution in [0.1, 0.15) is 5.76 Å². The summed E-state index contributed by atoms with van der Waals surface area (Å²) in [5, 5.41) is 8.79. The Kier molecular flexibility index (Phi) is 4.42. The Morgan fingerprint density at radius 2 is 2.05 bits per heavy atom. The highest BCUT2D eigenvalue weighted by Crippen LogP contribution is 2.32. The molecule has 2 rings (SSSR count). The van der Waals surface area contributed by atoms with Crippen LogP contribution in [-0.4, -0.2) is 5.91 Å². The highest BCUT2D eigenvalue weighted by atomic mass is 79.9. The molecule has 0 saturated carbocycles. The number of furan rings is 1. The number of nitrogens with zero attached hydrogens (tertiary/aromatic N) is 1. The molecule has 0 aliphatic carbocycles. The summed E-state index contributed by atoms with van der Waals surface area (Å²) in [7, 11) is 0. The minimum Gasteiger partial charge on any atom is -0.457 e. The second kappa shape index (κ2) is 6.07. The average Bonchev–Trinajstić information content (AvgIpc) is 2.86. The van der Waals surface area contributed by atoms with Crippen LogP contribution in [0.3, 0.4) is 0 Å². The zero-order chi connectivity index (χ0) is 14.7. The number of nitrogens with two attached hydrogens (primary N) is 1. The molecule has 0 atom stereocenters. The Bertz CT molecular complexity index is 742. The van der Waals surface area contributed by atoms with Crippen LogP contribution in [0.2, 0.25) is 0 Å². The average molecular weight is 396 g/mol. The summed E-state index contributed by atoms with van der Waals surface area (Å²) in [5.74, 6) is 0.225. The zero-order valence-electron chi connectivity index (χ0n) is 10.1. The van der Waals surface area contributed by atoms with Gasteiger partial charge in [-0.25, -0.2) is 0 Å². The van der Waals surface area contributed by atoms with Crippen LogP contribution in [0, 0.1) is 11.3 Å². The lowest BCUT2D eigenvalue weighted by Gasteiger charge is -2.01. The van der Waals surface area contributed by atoms with E-state index in [1.165, 1.54) is 6.08 Å². The van der Waals surface area contributed by atoms with Crippen molar-refractivity contribution in [2.75, 3.05) is 0 Å². The van der Waals surface area contributed by atoms with Gasteiger partial charge in [0.25, 0.3) is 5.91 Å². The van der Waals surface area contributed by atoms with Crippen molar-refractivity contribution in [1.82, 2.24) is 0 Å². The number of hydrogen-bond acceptors (Lipinski definition) is 3. The highest BCUT2D eigenvalue weighted by Gasteiger charge is 2.10. The molecule has 2 N–H and O–H groups in total. The van der Waals surface area contributed by atoms with Crippen LogP contribution in [0.25, 0.3) is 17.4 Å². The first-order valence-electron chi connectivity index (χ1n) is 5.48. The number of hydrogen-bond donors (Lipinski definition) is 1. The lowest BCUT2D eigenvalue weighted by molar-refractivity contribution is -0.114. The molecule has 1 heterocycles. The predicted octanol–water partition coefficient (Wildman–Crippen LogP) is 3.86. The standard InChI is InChI=1S/C14H8Br2N2O2/c15-9-1-3-12(16)11(6-9)13-4-2-10(20-13)5-8(7-17)14(18)19/h1-6H,(H2,18,19)/b8-5-. The van der Waals surface area contributed by atoms with Crippen molar-refractivity contribution in [3.8, 4) is 17.4 Å². The maximum absolute atomic E-state index is 11.0. The number of carbonyl (C=O) groups is 1. The van der Waals surface area contributed by atoms with E-state index in [2.05, 4.69) is 31.9 Å². The Morgan fingerprint density at radius 3 is 2.70 bits per heavy atom. The molecule has 6 heteroatoms. The molecule has 1 aromatic carbocycles. The summed E-state index contributed by atoms with van der Waals surface area (Å²) in [4.78, 5) is 11.0. The van der Waals surface area contributed by atoms with E-state index in [0.29, 0.717) is 11.5 Å². The van der Waals surface area contributed by atoms with Gasteiger partial charge in [0.2, 0.25) is 0 Å². The lowest BCUT2D eigenvalue weighted by atomic mass is 10.2. The molecule has 0 radical (unpaired) electrons. The van der Waals surface area contributed by atoms with Crippen LogP contribution in [-0.2, 0) is 4.79 Å². The Balaban J connectivity index is 2.42. The smallest absolute Gasteiger partial charge is 0.259 e. The van der Waals surface area contributed by atoms with Crippen molar-refractivity contribution in [2.24, 2.45) is 5.73 Å². The van der Waals surface area contributed by atoms with Crippen LogP contribution in [0.5, 0.6) is 0 Å². The maximum atomic E-state index is 11.0. The van der Waals surface area contributed by atoms with E-state index in [4.69, 9.17) is 15.4 Å². The SMILES string of the molecule is N#C/C(=C/c1ccc(-c2cc(Br)ccc2Br)o1)C(N)=O. The van der Waals surface area contributed by atoms with Crippen LogP contribution < -0.4 is 5.73 Å². The molecule has 0 saturated heterocycles. The number of rotatable bonds is 3. The fraction of sp³-hybridized carbons (Fsp3) is 0. The molecule has 0 unspecified atom stereocenters. The Labute approximate surface area is 132 Å². The molecule has 4 nitrogen and oxygen atoms in total. The molecule has 2 aromatic rings. The molecule has 1 amide bonds. The van der Waals surface area contributed by atoms with Crippen molar-refractivity contribution in [3.05, 3.63) is 50.6 Å². The van der Waals surface area contributed by atoms with Gasteiger partial charge in [0.05, 0.1) is 0 Å². The van der Waals surface area contributed by atoms with E-state index in [1.54, 1.807) is 18.2 Å². The van der Waals surface area contributed by atoms with E-state index in [1.807, 2.05) is 18.2 Å². The van der Waals surface area contributed by atoms with Gasteiger partial charge in [-0.2, -0.15) is 5.26 Å². The number of amides is 1. The molecule has 0 spiro atoms. The van der Waals surface area contributed by atoms with E-state index >= 15 is 0 Å². The Morgan fingerprint density at radius 1 is 1.30 bits per heavy atom. The van der Waals surface area contributed by atoms with Gasteiger partial charge in [-0.1, -0.05) is 31.9 Å². The number of carbonyl (C=O) groups excluding carboxylic acids is 1. The van der Waals surface area contributed by atoms with Crippen LogP contribution >= 0.6 is 31.9 Å². The largest absolute Gasteiger partial charge is 0.457 e. The van der Waals surface area contributed by atoms with Gasteiger partial charge in [0.15, 0.2) is 0 Å².